The quantitative estimate of drug-likeness (QED) is 0.787. The fraction of sp³-hybridized carbons (Fsp3) is 0.200. The Labute approximate surface area is 86.7 Å². The molecule has 0 aromatic heterocycles. The number of carboxylic acid groups (broad SMARTS) is 1. The van der Waals surface area contributed by atoms with Crippen LogP contribution in [0.5, 0.6) is 5.75 Å². The Balaban J connectivity index is 3.08. The van der Waals surface area contributed by atoms with E-state index < -0.39 is 5.97 Å². The van der Waals surface area contributed by atoms with Crippen LogP contribution >= 0.6 is 0 Å². The molecular weight excluding hydrogens is 198 g/mol. The third-order valence-corrected chi connectivity index (χ3v) is 1.76. The lowest BCUT2D eigenvalue weighted by Gasteiger charge is -2.09. The second-order valence-corrected chi connectivity index (χ2v) is 2.90. The van der Waals surface area contributed by atoms with Crippen LogP contribution in [0, 0.1) is 0 Å². The molecule has 0 fully saturated rings. The van der Waals surface area contributed by atoms with Gasteiger partial charge in [0, 0.05) is 6.92 Å². The molecule has 15 heavy (non-hydrogen) atoms. The smallest absolute Gasteiger partial charge is 0.335 e. The van der Waals surface area contributed by atoms with Gasteiger partial charge in [0.2, 0.25) is 5.91 Å². The molecule has 0 bridgehead atoms. The summed E-state index contributed by atoms with van der Waals surface area (Å²) >= 11 is 0. The Kier molecular flexibility index (Phi) is 3.28. The van der Waals surface area contributed by atoms with Crippen LogP contribution in [0.1, 0.15) is 17.3 Å². The van der Waals surface area contributed by atoms with Crippen LogP contribution in [0.15, 0.2) is 18.2 Å². The minimum atomic E-state index is -1.04. The first-order chi connectivity index (χ1) is 7.04. The molecule has 0 aliphatic rings. The maximum absolute atomic E-state index is 10.8. The van der Waals surface area contributed by atoms with E-state index in [1.807, 2.05) is 0 Å². The van der Waals surface area contributed by atoms with Crippen molar-refractivity contribution in [1.29, 1.82) is 0 Å². The lowest BCUT2D eigenvalue weighted by Crippen LogP contribution is -2.08. The predicted molar refractivity (Wildman–Crippen MR) is 54.3 cm³/mol. The third-order valence-electron chi connectivity index (χ3n) is 1.76. The van der Waals surface area contributed by atoms with Crippen molar-refractivity contribution < 1.29 is 19.4 Å². The Morgan fingerprint density at radius 3 is 2.53 bits per heavy atom. The van der Waals surface area contributed by atoms with Gasteiger partial charge >= 0.3 is 5.97 Å². The summed E-state index contributed by atoms with van der Waals surface area (Å²) in [6, 6.07) is 4.24. The number of carbonyl (C=O) groups is 2. The van der Waals surface area contributed by atoms with Gasteiger partial charge in [0.25, 0.3) is 0 Å². The molecule has 1 amide bonds. The number of amides is 1. The second kappa shape index (κ2) is 4.45. The summed E-state index contributed by atoms with van der Waals surface area (Å²) in [5, 5.41) is 11.3. The molecule has 0 aliphatic heterocycles. The van der Waals surface area contributed by atoms with Crippen molar-refractivity contribution in [2.75, 3.05) is 12.4 Å². The first kappa shape index (κ1) is 11.0. The minimum Gasteiger partial charge on any atom is -0.495 e. The van der Waals surface area contributed by atoms with Gasteiger partial charge in [-0.25, -0.2) is 4.79 Å². The van der Waals surface area contributed by atoms with E-state index in [-0.39, 0.29) is 11.5 Å². The van der Waals surface area contributed by atoms with Crippen LogP contribution in [0.3, 0.4) is 0 Å². The van der Waals surface area contributed by atoms with Gasteiger partial charge in [-0.3, -0.25) is 4.79 Å². The summed E-state index contributed by atoms with van der Waals surface area (Å²) in [6.45, 7) is 1.37. The SMILES string of the molecule is COc1cc(C(=O)O)ccc1NC(C)=O. The number of carbonyl (C=O) groups excluding carboxylic acids is 1. The maximum atomic E-state index is 10.8. The number of nitrogens with one attached hydrogen (secondary N) is 1. The van der Waals surface area contributed by atoms with Gasteiger partial charge in [-0.15, -0.1) is 0 Å². The largest absolute Gasteiger partial charge is 0.495 e. The van der Waals surface area contributed by atoms with Crippen molar-refractivity contribution in [2.45, 2.75) is 6.92 Å². The average Bonchev–Trinajstić information content (AvgIpc) is 2.17. The highest BCUT2D eigenvalue weighted by Crippen LogP contribution is 2.25. The molecule has 0 saturated carbocycles. The van der Waals surface area contributed by atoms with Gasteiger partial charge in [0.15, 0.2) is 0 Å². The molecule has 1 aromatic carbocycles. The van der Waals surface area contributed by atoms with Crippen LogP contribution in [0.4, 0.5) is 5.69 Å². The van der Waals surface area contributed by atoms with Gasteiger partial charge < -0.3 is 15.2 Å². The first-order valence-electron chi connectivity index (χ1n) is 4.23. The number of anilines is 1. The van der Waals surface area contributed by atoms with Gasteiger partial charge in [0.05, 0.1) is 18.4 Å². The topological polar surface area (TPSA) is 75.6 Å². The highest BCUT2D eigenvalue weighted by Gasteiger charge is 2.09. The fourth-order valence-electron chi connectivity index (χ4n) is 1.12. The molecule has 0 atom stereocenters. The Bertz CT molecular complexity index is 400. The first-order valence-corrected chi connectivity index (χ1v) is 4.23. The molecule has 0 spiro atoms. The number of rotatable bonds is 3. The van der Waals surface area contributed by atoms with Gasteiger partial charge in [-0.05, 0) is 18.2 Å². The molecule has 0 saturated heterocycles. The summed E-state index contributed by atoms with van der Waals surface area (Å²) in [5.74, 6) is -0.954. The molecule has 80 valence electrons. The van der Waals surface area contributed by atoms with E-state index in [4.69, 9.17) is 9.84 Å². The molecule has 5 heteroatoms. The van der Waals surface area contributed by atoms with Gasteiger partial charge in [-0.1, -0.05) is 0 Å². The van der Waals surface area contributed by atoms with Crippen molar-refractivity contribution in [3.05, 3.63) is 23.8 Å². The summed E-state index contributed by atoms with van der Waals surface area (Å²) in [5.41, 5.74) is 0.566. The fourth-order valence-corrected chi connectivity index (χ4v) is 1.12. The minimum absolute atomic E-state index is 0.112. The Morgan fingerprint density at radius 2 is 2.07 bits per heavy atom. The molecule has 0 radical (unpaired) electrons. The van der Waals surface area contributed by atoms with Crippen molar-refractivity contribution >= 4 is 17.6 Å². The zero-order chi connectivity index (χ0) is 11.4. The monoisotopic (exact) mass is 209 g/mol. The van der Waals surface area contributed by atoms with E-state index in [0.29, 0.717) is 11.4 Å². The number of methoxy groups -OCH3 is 1. The van der Waals surface area contributed by atoms with Crippen LogP contribution in [0.2, 0.25) is 0 Å². The van der Waals surface area contributed by atoms with Crippen LogP contribution in [0.25, 0.3) is 0 Å². The zero-order valence-corrected chi connectivity index (χ0v) is 8.40. The molecule has 1 rings (SSSR count). The second-order valence-electron chi connectivity index (χ2n) is 2.90. The Hall–Kier alpha value is -2.04. The van der Waals surface area contributed by atoms with Crippen LogP contribution < -0.4 is 10.1 Å². The van der Waals surface area contributed by atoms with Gasteiger partial charge in [0.1, 0.15) is 5.75 Å². The molecule has 1 aromatic rings. The molecule has 5 nitrogen and oxygen atoms in total. The standard InChI is InChI=1S/C10H11NO4/c1-6(12)11-8-4-3-7(10(13)14)5-9(8)15-2/h3-5H,1-2H3,(H,11,12)(H,13,14). The summed E-state index contributed by atoms with van der Waals surface area (Å²) < 4.78 is 4.96. The highest BCUT2D eigenvalue weighted by molar-refractivity contribution is 5.93. The average molecular weight is 209 g/mol. The lowest BCUT2D eigenvalue weighted by atomic mass is 10.2. The van der Waals surface area contributed by atoms with Crippen LogP contribution in [-0.2, 0) is 4.79 Å². The van der Waals surface area contributed by atoms with Crippen molar-refractivity contribution in [2.24, 2.45) is 0 Å². The summed E-state index contributed by atoms with van der Waals surface area (Å²) in [6.07, 6.45) is 0. The van der Waals surface area contributed by atoms with Crippen molar-refractivity contribution in [3.8, 4) is 5.75 Å². The van der Waals surface area contributed by atoms with E-state index in [1.54, 1.807) is 0 Å². The summed E-state index contributed by atoms with van der Waals surface area (Å²) in [7, 11) is 1.41. The van der Waals surface area contributed by atoms with E-state index in [2.05, 4.69) is 5.32 Å². The van der Waals surface area contributed by atoms with E-state index in [0.717, 1.165) is 0 Å². The lowest BCUT2D eigenvalue weighted by molar-refractivity contribution is -0.114. The van der Waals surface area contributed by atoms with Gasteiger partial charge in [-0.2, -0.15) is 0 Å². The number of hydrogen-bond acceptors (Lipinski definition) is 3. The molecule has 0 aliphatic carbocycles. The van der Waals surface area contributed by atoms with Crippen LogP contribution in [-0.4, -0.2) is 24.1 Å². The van der Waals surface area contributed by atoms with Crippen molar-refractivity contribution in [3.63, 3.8) is 0 Å². The molecule has 0 unspecified atom stereocenters. The number of benzene rings is 1. The molecule has 0 heterocycles. The predicted octanol–water partition coefficient (Wildman–Crippen LogP) is 1.35. The van der Waals surface area contributed by atoms with E-state index in [9.17, 15) is 9.59 Å². The number of ether oxygens (including phenoxy) is 1. The maximum Gasteiger partial charge on any atom is 0.335 e. The number of carboxylic acids is 1. The molecule has 2 N–H and O–H groups in total. The Morgan fingerprint density at radius 1 is 1.40 bits per heavy atom. The zero-order valence-electron chi connectivity index (χ0n) is 8.40. The van der Waals surface area contributed by atoms with Crippen molar-refractivity contribution in [1.82, 2.24) is 0 Å². The number of hydrogen-bond donors (Lipinski definition) is 2. The van der Waals surface area contributed by atoms with E-state index >= 15 is 0 Å². The van der Waals surface area contributed by atoms with E-state index in [1.165, 1.54) is 32.2 Å². The normalized spacial score (nSPS) is 9.47. The summed E-state index contributed by atoms with van der Waals surface area (Å²) in [4.78, 5) is 21.5. The highest BCUT2D eigenvalue weighted by atomic mass is 16.5. The number of aromatic carboxylic acids is 1. The third kappa shape index (κ3) is 2.70. The molecular formula is C10H11NO4.